The molecule has 0 aliphatic rings. The fourth-order valence-electron chi connectivity index (χ4n) is 2.37. The molecule has 0 aliphatic heterocycles. The molecule has 22 heavy (non-hydrogen) atoms. The van der Waals surface area contributed by atoms with Crippen molar-refractivity contribution in [1.82, 2.24) is 0 Å². The van der Waals surface area contributed by atoms with Gasteiger partial charge in [0.05, 0.1) is 5.69 Å². The molecule has 0 aromatic heterocycles. The molecule has 3 aromatic rings. The van der Waals surface area contributed by atoms with Gasteiger partial charge in [-0.3, -0.25) is 4.99 Å². The zero-order valence-corrected chi connectivity index (χ0v) is 12.4. The van der Waals surface area contributed by atoms with Gasteiger partial charge in [0.2, 0.25) is 0 Å². The minimum absolute atomic E-state index is 0.279. The van der Waals surface area contributed by atoms with Crippen LogP contribution in [-0.4, -0.2) is 11.3 Å². The number of phenolic OH excluding ortho intramolecular Hbond substituents is 1. The van der Waals surface area contributed by atoms with Gasteiger partial charge in [-0.25, -0.2) is 0 Å². The third-order valence-electron chi connectivity index (χ3n) is 3.60. The summed E-state index contributed by atoms with van der Waals surface area (Å²) in [6, 6.07) is 23.7. The van der Waals surface area contributed by atoms with E-state index in [0.29, 0.717) is 0 Å². The van der Waals surface area contributed by atoms with Crippen LogP contribution in [-0.2, 0) is 0 Å². The number of phenols is 1. The van der Waals surface area contributed by atoms with Crippen molar-refractivity contribution >= 4 is 11.9 Å². The molecular formula is C20H17NO. The molecule has 0 atom stereocenters. The minimum atomic E-state index is 0.279. The number of nitrogens with zero attached hydrogens (tertiary/aromatic N) is 1. The lowest BCUT2D eigenvalue weighted by atomic mass is 9.97. The third kappa shape index (κ3) is 2.91. The second kappa shape index (κ2) is 6.27. The van der Waals surface area contributed by atoms with Gasteiger partial charge in [0, 0.05) is 11.8 Å². The highest BCUT2D eigenvalue weighted by Crippen LogP contribution is 2.31. The Hall–Kier alpha value is -2.87. The lowest BCUT2D eigenvalue weighted by molar-refractivity contribution is 0.470. The Bertz CT molecular complexity index is 793. The van der Waals surface area contributed by atoms with Crippen molar-refractivity contribution in [2.24, 2.45) is 4.99 Å². The fraction of sp³-hybridized carbons (Fsp3) is 0.0500. The highest BCUT2D eigenvalue weighted by Gasteiger charge is 2.10. The molecule has 2 heteroatoms. The maximum Gasteiger partial charge on any atom is 0.127 e. The maximum absolute atomic E-state index is 10.4. The van der Waals surface area contributed by atoms with E-state index >= 15 is 0 Å². The second-order valence-electron chi connectivity index (χ2n) is 5.15. The molecule has 1 N–H and O–H groups in total. The highest BCUT2D eigenvalue weighted by molar-refractivity contribution is 5.95. The molecule has 3 rings (SSSR count). The Morgan fingerprint density at radius 3 is 2.14 bits per heavy atom. The van der Waals surface area contributed by atoms with Crippen LogP contribution in [0, 0.1) is 6.92 Å². The van der Waals surface area contributed by atoms with Gasteiger partial charge in [0.15, 0.2) is 0 Å². The van der Waals surface area contributed by atoms with E-state index in [2.05, 4.69) is 4.99 Å². The molecule has 0 radical (unpaired) electrons. The van der Waals surface area contributed by atoms with Crippen LogP contribution in [0.25, 0.3) is 11.1 Å². The van der Waals surface area contributed by atoms with Crippen LogP contribution in [0.2, 0.25) is 0 Å². The van der Waals surface area contributed by atoms with Crippen molar-refractivity contribution in [3.05, 3.63) is 83.9 Å². The summed E-state index contributed by atoms with van der Waals surface area (Å²) in [7, 11) is 0. The van der Waals surface area contributed by atoms with Gasteiger partial charge in [-0.05, 0) is 35.7 Å². The van der Waals surface area contributed by atoms with Crippen LogP contribution in [0.5, 0.6) is 5.75 Å². The van der Waals surface area contributed by atoms with E-state index in [1.165, 1.54) is 0 Å². The third-order valence-corrected chi connectivity index (χ3v) is 3.60. The normalized spacial score (nSPS) is 11.0. The van der Waals surface area contributed by atoms with Crippen molar-refractivity contribution in [1.29, 1.82) is 0 Å². The molecule has 0 unspecified atom stereocenters. The number of hydrogen-bond acceptors (Lipinski definition) is 2. The van der Waals surface area contributed by atoms with Crippen LogP contribution >= 0.6 is 0 Å². The summed E-state index contributed by atoms with van der Waals surface area (Å²) < 4.78 is 0. The van der Waals surface area contributed by atoms with Crippen molar-refractivity contribution in [3.63, 3.8) is 0 Å². The topological polar surface area (TPSA) is 32.6 Å². The van der Waals surface area contributed by atoms with Gasteiger partial charge in [0.1, 0.15) is 5.75 Å². The monoisotopic (exact) mass is 287 g/mol. The summed E-state index contributed by atoms with van der Waals surface area (Å²) in [5, 5.41) is 10.4. The average molecular weight is 287 g/mol. The standard InChI is InChI=1S/C20H17NO/c1-15-12-13-18(16-8-4-2-5-9-16)19(20(15)22)14-21-17-10-6-3-7-11-17/h2-14,22H,1H3. The predicted molar refractivity (Wildman–Crippen MR) is 92.0 cm³/mol. The van der Waals surface area contributed by atoms with Gasteiger partial charge in [-0.1, -0.05) is 60.7 Å². The van der Waals surface area contributed by atoms with Crippen molar-refractivity contribution < 1.29 is 5.11 Å². The Balaban J connectivity index is 2.09. The van der Waals surface area contributed by atoms with E-state index in [-0.39, 0.29) is 5.75 Å². The smallest absolute Gasteiger partial charge is 0.127 e. The number of para-hydroxylation sites is 1. The van der Waals surface area contributed by atoms with Crippen LogP contribution in [0.1, 0.15) is 11.1 Å². The molecule has 0 saturated carbocycles. The van der Waals surface area contributed by atoms with Gasteiger partial charge in [0.25, 0.3) is 0 Å². The molecule has 0 aliphatic carbocycles. The fourth-order valence-corrected chi connectivity index (χ4v) is 2.37. The van der Waals surface area contributed by atoms with Gasteiger partial charge >= 0.3 is 0 Å². The number of aromatic hydroxyl groups is 1. The molecule has 0 heterocycles. The highest BCUT2D eigenvalue weighted by atomic mass is 16.3. The first-order chi connectivity index (χ1) is 10.8. The first-order valence-corrected chi connectivity index (χ1v) is 7.23. The number of hydrogen-bond donors (Lipinski definition) is 1. The molecule has 0 spiro atoms. The molecule has 0 saturated heterocycles. The van der Waals surface area contributed by atoms with Gasteiger partial charge < -0.3 is 5.11 Å². The second-order valence-corrected chi connectivity index (χ2v) is 5.15. The van der Waals surface area contributed by atoms with Crippen LogP contribution in [0.3, 0.4) is 0 Å². The average Bonchev–Trinajstić information content (AvgIpc) is 2.58. The zero-order chi connectivity index (χ0) is 15.4. The summed E-state index contributed by atoms with van der Waals surface area (Å²) in [6.07, 6.45) is 1.74. The van der Waals surface area contributed by atoms with Crippen molar-refractivity contribution in [2.45, 2.75) is 6.92 Å². The zero-order valence-electron chi connectivity index (χ0n) is 12.4. The molecule has 3 aromatic carbocycles. The maximum atomic E-state index is 10.4. The van der Waals surface area contributed by atoms with E-state index in [4.69, 9.17) is 0 Å². The largest absolute Gasteiger partial charge is 0.507 e. The Kier molecular flexibility index (Phi) is 4.01. The molecule has 0 amide bonds. The summed E-state index contributed by atoms with van der Waals surface area (Å²) in [6.45, 7) is 1.89. The van der Waals surface area contributed by atoms with Gasteiger partial charge in [-0.2, -0.15) is 0 Å². The Labute approximate surface area is 130 Å². The summed E-state index contributed by atoms with van der Waals surface area (Å²) in [4.78, 5) is 4.48. The van der Waals surface area contributed by atoms with Crippen LogP contribution in [0.4, 0.5) is 5.69 Å². The number of benzene rings is 3. The van der Waals surface area contributed by atoms with E-state index < -0.39 is 0 Å². The van der Waals surface area contributed by atoms with Crippen LogP contribution in [0.15, 0.2) is 77.8 Å². The lowest BCUT2D eigenvalue weighted by Crippen LogP contribution is -1.91. The molecule has 0 bridgehead atoms. The van der Waals surface area contributed by atoms with Crippen LogP contribution < -0.4 is 0 Å². The number of rotatable bonds is 3. The van der Waals surface area contributed by atoms with E-state index in [1.807, 2.05) is 79.7 Å². The lowest BCUT2D eigenvalue weighted by Gasteiger charge is -2.10. The van der Waals surface area contributed by atoms with E-state index in [9.17, 15) is 5.11 Å². The summed E-state index contributed by atoms with van der Waals surface area (Å²) in [5.74, 6) is 0.279. The molecule has 2 nitrogen and oxygen atoms in total. The first-order valence-electron chi connectivity index (χ1n) is 7.23. The molecule has 108 valence electrons. The molecule has 0 fully saturated rings. The SMILES string of the molecule is Cc1ccc(-c2ccccc2)c(C=Nc2ccccc2)c1O. The predicted octanol–water partition coefficient (Wildman–Crippen LogP) is 5.12. The van der Waals surface area contributed by atoms with E-state index in [0.717, 1.165) is 27.9 Å². The number of aliphatic imine (C=N–C) groups is 1. The van der Waals surface area contributed by atoms with Crippen molar-refractivity contribution in [3.8, 4) is 16.9 Å². The first kappa shape index (κ1) is 14.1. The summed E-state index contributed by atoms with van der Waals surface area (Å²) >= 11 is 0. The van der Waals surface area contributed by atoms with Gasteiger partial charge in [-0.15, -0.1) is 0 Å². The molecular weight excluding hydrogens is 270 g/mol. The van der Waals surface area contributed by atoms with E-state index in [1.54, 1.807) is 6.21 Å². The Morgan fingerprint density at radius 2 is 1.45 bits per heavy atom. The number of aryl methyl sites for hydroxylation is 1. The Morgan fingerprint density at radius 1 is 0.818 bits per heavy atom. The summed E-state index contributed by atoms with van der Waals surface area (Å²) in [5.41, 5.74) is 4.49. The minimum Gasteiger partial charge on any atom is -0.507 e. The quantitative estimate of drug-likeness (QED) is 0.666. The van der Waals surface area contributed by atoms with Crippen molar-refractivity contribution in [2.75, 3.05) is 0 Å².